The van der Waals surface area contributed by atoms with Crippen LogP contribution >= 0.6 is 27.5 Å². The highest BCUT2D eigenvalue weighted by Gasteiger charge is 2.13. The van der Waals surface area contributed by atoms with Crippen molar-refractivity contribution in [3.8, 4) is 0 Å². The first-order valence-electron chi connectivity index (χ1n) is 4.30. The van der Waals surface area contributed by atoms with Gasteiger partial charge >= 0.3 is 0 Å². The molecule has 2 aromatic rings. The van der Waals surface area contributed by atoms with Crippen molar-refractivity contribution in [3.05, 3.63) is 43.6 Å². The van der Waals surface area contributed by atoms with Crippen LogP contribution in [0.25, 0.3) is 10.9 Å². The second-order valence-corrected chi connectivity index (χ2v) is 4.43. The number of nitrogens with one attached hydrogen (secondary N) is 1. The molecule has 84 valence electrons. The normalized spacial score (nSPS) is 11.3. The molecule has 16 heavy (non-hydrogen) atoms. The van der Waals surface area contributed by atoms with Gasteiger partial charge in [-0.2, -0.15) is 0 Å². The molecule has 1 heterocycles. The third-order valence-corrected chi connectivity index (χ3v) is 3.12. The maximum atomic E-state index is 12.5. The van der Waals surface area contributed by atoms with Gasteiger partial charge in [-0.3, -0.25) is 4.79 Å². The number of alkyl halides is 2. The number of rotatable bonds is 1. The lowest BCUT2D eigenvalue weighted by Gasteiger charge is -2.06. The van der Waals surface area contributed by atoms with E-state index in [2.05, 4.69) is 20.9 Å². The number of aromatic nitrogens is 1. The Morgan fingerprint density at radius 3 is 2.69 bits per heavy atom. The standard InChI is InChI=1S/C10H5BrClF2NO/c11-4-1-2-5(12)9-8(4)7(16)3-6(15-9)10(13)14/h1-3,10H,(H,15,16). The molecule has 0 atom stereocenters. The fourth-order valence-corrected chi connectivity index (χ4v) is 2.16. The van der Waals surface area contributed by atoms with E-state index in [1.807, 2.05) is 0 Å². The number of H-pyrrole nitrogens is 1. The Hall–Kier alpha value is -0.940. The van der Waals surface area contributed by atoms with Crippen LogP contribution in [0.1, 0.15) is 12.1 Å². The summed E-state index contributed by atoms with van der Waals surface area (Å²) in [6, 6.07) is 4.01. The molecular formula is C10H5BrClF2NO. The van der Waals surface area contributed by atoms with Crippen molar-refractivity contribution in [1.82, 2.24) is 4.98 Å². The van der Waals surface area contributed by atoms with Crippen molar-refractivity contribution >= 4 is 38.4 Å². The Kier molecular flexibility index (Phi) is 2.99. The molecule has 0 spiro atoms. The van der Waals surface area contributed by atoms with Gasteiger partial charge in [-0.05, 0) is 28.1 Å². The molecule has 0 unspecified atom stereocenters. The number of aromatic amines is 1. The molecule has 2 rings (SSSR count). The van der Waals surface area contributed by atoms with Crippen molar-refractivity contribution in [1.29, 1.82) is 0 Å². The first-order chi connectivity index (χ1) is 7.50. The average Bonchev–Trinajstić information content (AvgIpc) is 2.22. The predicted octanol–water partition coefficient (Wildman–Crippen LogP) is 3.88. The smallest absolute Gasteiger partial charge is 0.278 e. The fraction of sp³-hybridized carbons (Fsp3) is 0.100. The summed E-state index contributed by atoms with van der Waals surface area (Å²) in [5, 5.41) is 0.509. The lowest BCUT2D eigenvalue weighted by Crippen LogP contribution is -2.06. The number of hydrogen-bond donors (Lipinski definition) is 1. The second kappa shape index (κ2) is 4.14. The molecule has 0 aliphatic heterocycles. The highest BCUT2D eigenvalue weighted by molar-refractivity contribution is 9.10. The number of hydrogen-bond acceptors (Lipinski definition) is 1. The Morgan fingerprint density at radius 1 is 1.38 bits per heavy atom. The first-order valence-corrected chi connectivity index (χ1v) is 5.47. The predicted molar refractivity (Wildman–Crippen MR) is 62.2 cm³/mol. The molecule has 0 aliphatic carbocycles. The van der Waals surface area contributed by atoms with E-state index >= 15 is 0 Å². The van der Waals surface area contributed by atoms with E-state index in [-0.39, 0.29) is 15.9 Å². The zero-order valence-electron chi connectivity index (χ0n) is 7.73. The van der Waals surface area contributed by atoms with Crippen molar-refractivity contribution in [2.24, 2.45) is 0 Å². The van der Waals surface area contributed by atoms with E-state index in [0.717, 1.165) is 6.07 Å². The summed E-state index contributed by atoms with van der Waals surface area (Å²) in [6.45, 7) is 0. The van der Waals surface area contributed by atoms with Crippen LogP contribution in [0.5, 0.6) is 0 Å². The fourth-order valence-electron chi connectivity index (χ4n) is 1.43. The molecule has 0 radical (unpaired) electrons. The van der Waals surface area contributed by atoms with Gasteiger partial charge in [-0.15, -0.1) is 0 Å². The largest absolute Gasteiger partial charge is 0.352 e. The maximum Gasteiger partial charge on any atom is 0.278 e. The third kappa shape index (κ3) is 1.85. The van der Waals surface area contributed by atoms with E-state index in [1.165, 1.54) is 6.07 Å². The summed E-state index contributed by atoms with van der Waals surface area (Å²) in [5.74, 6) is 0. The molecule has 0 fully saturated rings. The van der Waals surface area contributed by atoms with E-state index in [1.54, 1.807) is 6.07 Å². The minimum absolute atomic E-state index is 0.221. The number of fused-ring (bicyclic) bond motifs is 1. The van der Waals surface area contributed by atoms with Crippen LogP contribution in [0.15, 0.2) is 27.5 Å². The monoisotopic (exact) mass is 307 g/mol. The van der Waals surface area contributed by atoms with Crippen LogP contribution in [-0.4, -0.2) is 4.98 Å². The van der Waals surface area contributed by atoms with Gasteiger partial charge in [0.1, 0.15) is 0 Å². The Morgan fingerprint density at radius 2 is 2.06 bits per heavy atom. The molecule has 1 aromatic heterocycles. The lowest BCUT2D eigenvalue weighted by atomic mass is 10.2. The molecule has 0 saturated heterocycles. The van der Waals surface area contributed by atoms with Crippen LogP contribution in [0, 0.1) is 0 Å². The van der Waals surface area contributed by atoms with E-state index in [9.17, 15) is 13.6 Å². The van der Waals surface area contributed by atoms with Gasteiger partial charge in [0.15, 0.2) is 5.43 Å². The van der Waals surface area contributed by atoms with Crippen molar-refractivity contribution < 1.29 is 8.78 Å². The van der Waals surface area contributed by atoms with Crippen molar-refractivity contribution in [2.45, 2.75) is 6.43 Å². The zero-order chi connectivity index (χ0) is 11.9. The maximum absolute atomic E-state index is 12.5. The highest BCUT2D eigenvalue weighted by atomic mass is 79.9. The van der Waals surface area contributed by atoms with Crippen LogP contribution in [0.4, 0.5) is 8.78 Å². The molecule has 1 N–H and O–H groups in total. The molecule has 2 nitrogen and oxygen atoms in total. The summed E-state index contributed by atoms with van der Waals surface area (Å²) in [5.41, 5.74) is -0.699. The summed E-state index contributed by atoms with van der Waals surface area (Å²) in [6.07, 6.45) is -2.73. The van der Waals surface area contributed by atoms with Crippen LogP contribution < -0.4 is 5.43 Å². The summed E-state index contributed by atoms with van der Waals surface area (Å²) in [4.78, 5) is 14.1. The number of benzene rings is 1. The van der Waals surface area contributed by atoms with Crippen LogP contribution in [0.3, 0.4) is 0 Å². The van der Waals surface area contributed by atoms with Gasteiger partial charge in [0, 0.05) is 10.5 Å². The van der Waals surface area contributed by atoms with Gasteiger partial charge in [0.05, 0.1) is 21.6 Å². The van der Waals surface area contributed by atoms with Gasteiger partial charge < -0.3 is 4.98 Å². The second-order valence-electron chi connectivity index (χ2n) is 3.17. The van der Waals surface area contributed by atoms with Gasteiger partial charge in [-0.1, -0.05) is 11.6 Å². The molecule has 0 saturated carbocycles. The van der Waals surface area contributed by atoms with Crippen molar-refractivity contribution in [2.75, 3.05) is 0 Å². The van der Waals surface area contributed by atoms with Crippen molar-refractivity contribution in [3.63, 3.8) is 0 Å². The minimum Gasteiger partial charge on any atom is -0.352 e. The summed E-state index contributed by atoms with van der Waals surface area (Å²) in [7, 11) is 0. The van der Waals surface area contributed by atoms with Gasteiger partial charge in [0.2, 0.25) is 0 Å². The van der Waals surface area contributed by atoms with E-state index in [0.29, 0.717) is 4.47 Å². The molecule has 0 bridgehead atoms. The number of pyridine rings is 1. The van der Waals surface area contributed by atoms with Gasteiger partial charge in [0.25, 0.3) is 6.43 Å². The summed E-state index contributed by atoms with van der Waals surface area (Å²) < 4.78 is 25.5. The van der Waals surface area contributed by atoms with E-state index < -0.39 is 17.5 Å². The summed E-state index contributed by atoms with van der Waals surface area (Å²) >= 11 is 9.02. The highest BCUT2D eigenvalue weighted by Crippen LogP contribution is 2.28. The Labute approximate surface area is 102 Å². The molecule has 1 aromatic carbocycles. The topological polar surface area (TPSA) is 32.9 Å². The SMILES string of the molecule is O=c1cc(C(F)F)[nH]c2c(Cl)ccc(Br)c12. The van der Waals surface area contributed by atoms with Crippen LogP contribution in [0.2, 0.25) is 5.02 Å². The number of halogens is 4. The third-order valence-electron chi connectivity index (χ3n) is 2.14. The first kappa shape index (κ1) is 11.5. The zero-order valence-corrected chi connectivity index (χ0v) is 10.1. The Balaban J connectivity index is 2.92. The molecule has 0 amide bonds. The molecule has 0 aliphatic rings. The van der Waals surface area contributed by atoms with Crippen LogP contribution in [-0.2, 0) is 0 Å². The lowest BCUT2D eigenvalue weighted by molar-refractivity contribution is 0.146. The molecular weight excluding hydrogens is 303 g/mol. The quantitative estimate of drug-likeness (QED) is 0.852. The minimum atomic E-state index is -2.73. The average molecular weight is 309 g/mol. The van der Waals surface area contributed by atoms with E-state index in [4.69, 9.17) is 11.6 Å². The molecule has 6 heteroatoms. The van der Waals surface area contributed by atoms with Gasteiger partial charge in [-0.25, -0.2) is 8.78 Å². The Bertz CT molecular complexity index is 612.